The first-order valence-electron chi connectivity index (χ1n) is 5.48. The van der Waals surface area contributed by atoms with E-state index in [-0.39, 0.29) is 40.9 Å². The van der Waals surface area contributed by atoms with Crippen molar-refractivity contribution in [3.63, 3.8) is 0 Å². The van der Waals surface area contributed by atoms with E-state index in [4.69, 9.17) is 19.1 Å². The van der Waals surface area contributed by atoms with Crippen LogP contribution in [0, 0.1) is 0 Å². The van der Waals surface area contributed by atoms with Crippen LogP contribution < -0.4 is 9.47 Å². The molecule has 0 unspecified atom stereocenters. The molecule has 2 heterocycles. The van der Waals surface area contributed by atoms with Crippen molar-refractivity contribution in [1.29, 1.82) is 0 Å². The van der Waals surface area contributed by atoms with Gasteiger partial charge in [-0.25, -0.2) is 13.6 Å². The lowest BCUT2D eigenvalue weighted by Crippen LogP contribution is -1.94. The Morgan fingerprint density at radius 3 is 2.75 bits per heavy atom. The van der Waals surface area contributed by atoms with Gasteiger partial charge in [-0.1, -0.05) is 5.16 Å². The maximum absolute atomic E-state index is 12.8. The SMILES string of the molecule is O=C(O)c1cc(-c2cc(C(F)F)cc3c2OCO3)on1. The number of hydrogen-bond donors (Lipinski definition) is 1. The molecule has 104 valence electrons. The highest BCUT2D eigenvalue weighted by Gasteiger charge is 2.25. The standard InChI is InChI=1S/C12H7F2NO5/c13-11(14)5-1-6(10-9(2-5)18-4-19-10)8-3-7(12(16)17)15-20-8/h1-3,11H,4H2,(H,16,17). The number of ether oxygens (including phenoxy) is 2. The smallest absolute Gasteiger partial charge is 0.358 e. The lowest BCUT2D eigenvalue weighted by Gasteiger charge is -2.06. The maximum atomic E-state index is 12.8. The molecular formula is C12H7F2NO5. The van der Waals surface area contributed by atoms with Gasteiger partial charge >= 0.3 is 5.97 Å². The second kappa shape index (κ2) is 4.48. The fourth-order valence-corrected chi connectivity index (χ4v) is 1.84. The van der Waals surface area contributed by atoms with Crippen LogP contribution in [0.5, 0.6) is 11.5 Å². The molecule has 0 fully saturated rings. The van der Waals surface area contributed by atoms with Crippen LogP contribution in [0.3, 0.4) is 0 Å². The number of aromatic nitrogens is 1. The molecule has 0 radical (unpaired) electrons. The van der Waals surface area contributed by atoms with Crippen LogP contribution >= 0.6 is 0 Å². The van der Waals surface area contributed by atoms with Crippen LogP contribution in [0.4, 0.5) is 8.78 Å². The third-order valence-corrected chi connectivity index (χ3v) is 2.74. The van der Waals surface area contributed by atoms with Crippen LogP contribution in [0.25, 0.3) is 11.3 Å². The summed E-state index contributed by atoms with van der Waals surface area (Å²) in [4.78, 5) is 10.8. The van der Waals surface area contributed by atoms with Gasteiger partial charge in [-0.2, -0.15) is 0 Å². The molecule has 3 rings (SSSR count). The van der Waals surface area contributed by atoms with Crippen molar-refractivity contribution in [1.82, 2.24) is 5.16 Å². The molecule has 6 nitrogen and oxygen atoms in total. The number of carboxylic acids is 1. The summed E-state index contributed by atoms with van der Waals surface area (Å²) in [6.07, 6.45) is -2.70. The monoisotopic (exact) mass is 283 g/mol. The van der Waals surface area contributed by atoms with Crippen LogP contribution in [0.15, 0.2) is 22.7 Å². The number of fused-ring (bicyclic) bond motifs is 1. The average molecular weight is 283 g/mol. The highest BCUT2D eigenvalue weighted by Crippen LogP contribution is 2.44. The van der Waals surface area contributed by atoms with Gasteiger partial charge in [0.15, 0.2) is 23.0 Å². The number of hydrogen-bond acceptors (Lipinski definition) is 5. The number of nitrogens with zero attached hydrogens (tertiary/aromatic N) is 1. The summed E-state index contributed by atoms with van der Waals surface area (Å²) in [5.41, 5.74) is -0.428. The maximum Gasteiger partial charge on any atom is 0.358 e. The van der Waals surface area contributed by atoms with Gasteiger partial charge in [0.2, 0.25) is 6.79 Å². The number of aromatic carboxylic acids is 1. The van der Waals surface area contributed by atoms with Crippen molar-refractivity contribution in [2.75, 3.05) is 6.79 Å². The first-order chi connectivity index (χ1) is 9.56. The minimum atomic E-state index is -2.70. The molecule has 1 aliphatic heterocycles. The molecular weight excluding hydrogens is 276 g/mol. The van der Waals surface area contributed by atoms with E-state index in [0.29, 0.717) is 0 Å². The Labute approximate surface area is 110 Å². The van der Waals surface area contributed by atoms with Crippen molar-refractivity contribution < 1.29 is 32.7 Å². The summed E-state index contributed by atoms with van der Waals surface area (Å²) in [5, 5.41) is 12.1. The quantitative estimate of drug-likeness (QED) is 0.932. The molecule has 20 heavy (non-hydrogen) atoms. The van der Waals surface area contributed by atoms with Gasteiger partial charge in [-0.05, 0) is 12.1 Å². The van der Waals surface area contributed by atoms with Crippen molar-refractivity contribution in [2.24, 2.45) is 0 Å². The number of alkyl halides is 2. The lowest BCUT2D eigenvalue weighted by molar-refractivity contribution is 0.0685. The van der Waals surface area contributed by atoms with E-state index in [2.05, 4.69) is 5.16 Å². The molecule has 0 aliphatic carbocycles. The number of carbonyl (C=O) groups is 1. The predicted octanol–water partition coefficient (Wildman–Crippen LogP) is 2.71. The first kappa shape index (κ1) is 12.4. The van der Waals surface area contributed by atoms with Crippen molar-refractivity contribution in [2.45, 2.75) is 6.43 Å². The summed E-state index contributed by atoms with van der Waals surface area (Å²) < 4.78 is 40.8. The average Bonchev–Trinajstić information content (AvgIpc) is 3.06. The normalized spacial score (nSPS) is 12.9. The minimum Gasteiger partial charge on any atom is -0.476 e. The molecule has 0 bridgehead atoms. The number of carboxylic acid groups (broad SMARTS) is 1. The van der Waals surface area contributed by atoms with E-state index in [1.807, 2.05) is 0 Å². The number of rotatable bonds is 3. The Morgan fingerprint density at radius 1 is 1.30 bits per heavy atom. The zero-order valence-electron chi connectivity index (χ0n) is 9.80. The molecule has 1 aromatic carbocycles. The van der Waals surface area contributed by atoms with Gasteiger partial charge < -0.3 is 19.1 Å². The van der Waals surface area contributed by atoms with E-state index >= 15 is 0 Å². The molecule has 1 aliphatic rings. The van der Waals surface area contributed by atoms with Crippen LogP contribution in [-0.4, -0.2) is 23.0 Å². The Kier molecular flexibility index (Phi) is 2.78. The van der Waals surface area contributed by atoms with Gasteiger partial charge in [0.1, 0.15) is 0 Å². The highest BCUT2D eigenvalue weighted by atomic mass is 19.3. The van der Waals surface area contributed by atoms with Gasteiger partial charge in [-0.15, -0.1) is 0 Å². The molecule has 0 spiro atoms. The fourth-order valence-electron chi connectivity index (χ4n) is 1.84. The Morgan fingerprint density at radius 2 is 2.10 bits per heavy atom. The summed E-state index contributed by atoms with van der Waals surface area (Å²) in [6, 6.07) is 3.46. The molecule has 2 aromatic rings. The van der Waals surface area contributed by atoms with Gasteiger partial charge in [0, 0.05) is 11.6 Å². The predicted molar refractivity (Wildman–Crippen MR) is 60.0 cm³/mol. The zero-order valence-corrected chi connectivity index (χ0v) is 9.80. The van der Waals surface area contributed by atoms with Crippen molar-refractivity contribution >= 4 is 5.97 Å². The molecule has 1 N–H and O–H groups in total. The van der Waals surface area contributed by atoms with Crippen molar-refractivity contribution in [3.8, 4) is 22.8 Å². The fraction of sp³-hybridized carbons (Fsp3) is 0.167. The van der Waals surface area contributed by atoms with Crippen molar-refractivity contribution in [3.05, 3.63) is 29.5 Å². The molecule has 0 saturated heterocycles. The molecule has 1 aromatic heterocycles. The number of halogens is 2. The molecule has 0 amide bonds. The zero-order chi connectivity index (χ0) is 14.3. The molecule has 8 heteroatoms. The summed E-state index contributed by atoms with van der Waals surface area (Å²) in [5.74, 6) is -0.876. The van der Waals surface area contributed by atoms with Gasteiger partial charge in [-0.3, -0.25) is 0 Å². The second-order valence-corrected chi connectivity index (χ2v) is 3.98. The van der Waals surface area contributed by atoms with E-state index in [9.17, 15) is 13.6 Å². The minimum absolute atomic E-state index is 0.0200. The highest BCUT2D eigenvalue weighted by molar-refractivity contribution is 5.87. The second-order valence-electron chi connectivity index (χ2n) is 3.98. The summed E-state index contributed by atoms with van der Waals surface area (Å²) in [7, 11) is 0. The first-order valence-corrected chi connectivity index (χ1v) is 5.48. The van der Waals surface area contributed by atoms with E-state index in [1.165, 1.54) is 6.07 Å². The Hall–Kier alpha value is -2.64. The topological polar surface area (TPSA) is 81.8 Å². The largest absolute Gasteiger partial charge is 0.476 e. The van der Waals surface area contributed by atoms with E-state index in [0.717, 1.165) is 12.1 Å². The number of benzene rings is 1. The van der Waals surface area contributed by atoms with Crippen LogP contribution in [-0.2, 0) is 0 Å². The molecule has 0 saturated carbocycles. The third-order valence-electron chi connectivity index (χ3n) is 2.74. The van der Waals surface area contributed by atoms with Gasteiger partial charge in [0.05, 0.1) is 5.56 Å². The summed E-state index contributed by atoms with van der Waals surface area (Å²) in [6.45, 7) is -0.102. The Bertz CT molecular complexity index is 682. The van der Waals surface area contributed by atoms with Gasteiger partial charge in [0.25, 0.3) is 6.43 Å². The lowest BCUT2D eigenvalue weighted by atomic mass is 10.1. The molecule has 0 atom stereocenters. The van der Waals surface area contributed by atoms with Crippen LogP contribution in [0.1, 0.15) is 22.5 Å². The van der Waals surface area contributed by atoms with E-state index in [1.54, 1.807) is 0 Å². The Balaban J connectivity index is 2.14. The third kappa shape index (κ3) is 1.94. The van der Waals surface area contributed by atoms with Crippen LogP contribution in [0.2, 0.25) is 0 Å². The van der Waals surface area contributed by atoms with E-state index < -0.39 is 12.4 Å². The summed E-state index contributed by atoms with van der Waals surface area (Å²) >= 11 is 0.